The maximum Gasteiger partial charge on any atom is 0.216 e. The first-order chi connectivity index (χ1) is 5.76. The smallest absolute Gasteiger partial charge is 0.216 e. The third-order valence-electron chi connectivity index (χ3n) is 1.24. The van der Waals surface area contributed by atoms with Crippen molar-refractivity contribution in [2.24, 2.45) is 0 Å². The van der Waals surface area contributed by atoms with Crippen LogP contribution in [0.3, 0.4) is 0 Å². The molecule has 64 valence electrons. The lowest BCUT2D eigenvalue weighted by Gasteiger charge is -1.98. The predicted octanol–water partition coefficient (Wildman–Crippen LogP) is 0.781. The Kier molecular flexibility index (Phi) is 2.94. The van der Waals surface area contributed by atoms with Gasteiger partial charge in [0.05, 0.1) is 11.3 Å². The van der Waals surface area contributed by atoms with E-state index in [4.69, 9.17) is 11.0 Å². The number of rotatable bonds is 3. The van der Waals surface area contributed by atoms with Crippen molar-refractivity contribution in [1.29, 1.82) is 5.26 Å². The van der Waals surface area contributed by atoms with Crippen molar-refractivity contribution in [2.75, 3.05) is 5.73 Å². The number of nitriles is 1. The monoisotopic (exact) mass is 183 g/mol. The van der Waals surface area contributed by atoms with E-state index >= 15 is 0 Å². The van der Waals surface area contributed by atoms with Crippen LogP contribution in [0.15, 0.2) is 5.16 Å². The zero-order chi connectivity index (χ0) is 8.97. The van der Waals surface area contributed by atoms with Gasteiger partial charge in [-0.05, 0) is 6.42 Å². The summed E-state index contributed by atoms with van der Waals surface area (Å²) >= 11 is 1.31. The molecule has 0 saturated heterocycles. The normalized spacial score (nSPS) is 12.3. The molecule has 12 heavy (non-hydrogen) atoms. The van der Waals surface area contributed by atoms with E-state index in [0.29, 0.717) is 5.16 Å². The summed E-state index contributed by atoms with van der Waals surface area (Å²) in [5.74, 6) is 0.283. The van der Waals surface area contributed by atoms with Gasteiger partial charge in [0, 0.05) is 0 Å². The second kappa shape index (κ2) is 3.97. The third-order valence-corrected chi connectivity index (χ3v) is 2.36. The van der Waals surface area contributed by atoms with E-state index in [1.54, 1.807) is 0 Å². The van der Waals surface area contributed by atoms with Gasteiger partial charge in [0.25, 0.3) is 0 Å². The van der Waals surface area contributed by atoms with Crippen molar-refractivity contribution < 1.29 is 0 Å². The zero-order valence-electron chi connectivity index (χ0n) is 6.61. The van der Waals surface area contributed by atoms with Crippen LogP contribution in [0.25, 0.3) is 0 Å². The maximum atomic E-state index is 8.63. The number of hydrogen-bond donors (Lipinski definition) is 2. The topological polar surface area (TPSA) is 91.4 Å². The van der Waals surface area contributed by atoms with Crippen LogP contribution in [-0.4, -0.2) is 20.4 Å². The minimum atomic E-state index is -0.0970. The van der Waals surface area contributed by atoms with E-state index in [0.717, 1.165) is 6.42 Å². The van der Waals surface area contributed by atoms with Crippen LogP contribution in [0, 0.1) is 11.3 Å². The van der Waals surface area contributed by atoms with E-state index in [-0.39, 0.29) is 11.2 Å². The van der Waals surface area contributed by atoms with Crippen molar-refractivity contribution in [3.63, 3.8) is 0 Å². The minimum Gasteiger partial charge on any atom is -0.368 e. The van der Waals surface area contributed by atoms with Crippen molar-refractivity contribution in [3.8, 4) is 6.07 Å². The number of aromatic amines is 1. The highest BCUT2D eigenvalue weighted by Gasteiger charge is 2.09. The van der Waals surface area contributed by atoms with E-state index in [2.05, 4.69) is 21.3 Å². The summed E-state index contributed by atoms with van der Waals surface area (Å²) in [6, 6.07) is 2.14. The molecule has 1 aromatic heterocycles. The number of nitrogen functional groups attached to an aromatic ring is 1. The van der Waals surface area contributed by atoms with Crippen molar-refractivity contribution in [3.05, 3.63) is 0 Å². The average Bonchev–Trinajstić information content (AvgIpc) is 2.47. The van der Waals surface area contributed by atoms with Crippen molar-refractivity contribution >= 4 is 17.7 Å². The average molecular weight is 183 g/mol. The highest BCUT2D eigenvalue weighted by atomic mass is 32.2. The zero-order valence-corrected chi connectivity index (χ0v) is 7.43. The summed E-state index contributed by atoms with van der Waals surface area (Å²) in [5.41, 5.74) is 5.31. The molecule has 0 aliphatic heterocycles. The number of H-pyrrole nitrogens is 1. The molecule has 1 atom stereocenters. The Hall–Kier alpha value is -1.22. The van der Waals surface area contributed by atoms with Crippen LogP contribution in [0.5, 0.6) is 0 Å². The molecule has 3 N–H and O–H groups in total. The quantitative estimate of drug-likeness (QED) is 0.676. The lowest BCUT2D eigenvalue weighted by Crippen LogP contribution is -1.96. The van der Waals surface area contributed by atoms with Gasteiger partial charge in [-0.25, -0.2) is 5.10 Å². The summed E-state index contributed by atoms with van der Waals surface area (Å²) in [5, 5.41) is 15.4. The standard InChI is InChI=1S/C6H9N5S/c1-2-4(3-7)12-6-9-5(8)10-11-6/h4H,2H2,1H3,(H3,8,9,10,11). The molecule has 0 spiro atoms. The molecule has 1 unspecified atom stereocenters. The molecule has 0 amide bonds. The van der Waals surface area contributed by atoms with Gasteiger partial charge in [-0.15, -0.1) is 5.10 Å². The van der Waals surface area contributed by atoms with Crippen molar-refractivity contribution in [1.82, 2.24) is 15.2 Å². The molecule has 1 heterocycles. The summed E-state index contributed by atoms with van der Waals surface area (Å²) in [6.45, 7) is 1.94. The molecule has 0 aromatic carbocycles. The van der Waals surface area contributed by atoms with Gasteiger partial charge in [0.15, 0.2) is 0 Å². The molecule has 0 aliphatic carbocycles. The fourth-order valence-corrected chi connectivity index (χ4v) is 1.36. The van der Waals surface area contributed by atoms with Gasteiger partial charge < -0.3 is 5.73 Å². The van der Waals surface area contributed by atoms with Crippen LogP contribution < -0.4 is 5.73 Å². The third kappa shape index (κ3) is 2.13. The fourth-order valence-electron chi connectivity index (χ4n) is 0.639. The Bertz CT molecular complexity index is 288. The fraction of sp³-hybridized carbons (Fsp3) is 0.500. The Morgan fingerprint density at radius 2 is 2.58 bits per heavy atom. The largest absolute Gasteiger partial charge is 0.368 e. The highest BCUT2D eigenvalue weighted by Crippen LogP contribution is 2.20. The number of nitrogens with one attached hydrogen (secondary N) is 1. The Labute approximate surface area is 74.4 Å². The van der Waals surface area contributed by atoms with Crippen LogP contribution >= 0.6 is 11.8 Å². The molecule has 1 aromatic rings. The van der Waals surface area contributed by atoms with Crippen molar-refractivity contribution in [2.45, 2.75) is 23.8 Å². The first-order valence-corrected chi connectivity index (χ1v) is 4.38. The molecule has 0 radical (unpaired) electrons. The Morgan fingerprint density at radius 1 is 1.83 bits per heavy atom. The van der Waals surface area contributed by atoms with E-state index in [9.17, 15) is 0 Å². The summed E-state index contributed by atoms with van der Waals surface area (Å²) in [7, 11) is 0. The molecule has 1 rings (SSSR count). The minimum absolute atomic E-state index is 0.0970. The first kappa shape index (κ1) is 8.87. The van der Waals surface area contributed by atoms with Crippen LogP contribution in [0.1, 0.15) is 13.3 Å². The highest BCUT2D eigenvalue weighted by molar-refractivity contribution is 8.00. The molecular weight excluding hydrogens is 174 g/mol. The molecular formula is C6H9N5S. The molecule has 0 aliphatic rings. The molecule has 6 heteroatoms. The second-order valence-electron chi connectivity index (χ2n) is 2.15. The van der Waals surface area contributed by atoms with Gasteiger partial charge in [0.2, 0.25) is 11.1 Å². The molecule has 0 bridgehead atoms. The van der Waals surface area contributed by atoms with E-state index < -0.39 is 0 Å². The van der Waals surface area contributed by atoms with E-state index in [1.807, 2.05) is 6.92 Å². The molecule has 0 fully saturated rings. The Balaban J connectivity index is 2.58. The van der Waals surface area contributed by atoms with Crippen LogP contribution in [0.2, 0.25) is 0 Å². The summed E-state index contributed by atoms with van der Waals surface area (Å²) < 4.78 is 0. The van der Waals surface area contributed by atoms with Gasteiger partial charge >= 0.3 is 0 Å². The van der Waals surface area contributed by atoms with Gasteiger partial charge in [-0.1, -0.05) is 18.7 Å². The second-order valence-corrected chi connectivity index (χ2v) is 3.32. The van der Waals surface area contributed by atoms with Crippen LogP contribution in [-0.2, 0) is 0 Å². The number of nitrogens with zero attached hydrogens (tertiary/aromatic N) is 3. The molecule has 5 nitrogen and oxygen atoms in total. The van der Waals surface area contributed by atoms with Gasteiger partial charge in [-0.3, -0.25) is 0 Å². The lowest BCUT2D eigenvalue weighted by atomic mass is 10.4. The van der Waals surface area contributed by atoms with Gasteiger partial charge in [0.1, 0.15) is 0 Å². The summed E-state index contributed by atoms with van der Waals surface area (Å²) in [4.78, 5) is 3.87. The number of thioether (sulfide) groups is 1. The number of aromatic nitrogens is 3. The van der Waals surface area contributed by atoms with E-state index in [1.165, 1.54) is 11.8 Å². The number of hydrogen-bond acceptors (Lipinski definition) is 5. The predicted molar refractivity (Wildman–Crippen MR) is 46.3 cm³/mol. The summed E-state index contributed by atoms with van der Waals surface area (Å²) in [6.07, 6.45) is 0.773. The van der Waals surface area contributed by atoms with Gasteiger partial charge in [-0.2, -0.15) is 10.2 Å². The maximum absolute atomic E-state index is 8.63. The van der Waals surface area contributed by atoms with Crippen LogP contribution in [0.4, 0.5) is 5.95 Å². The molecule has 0 saturated carbocycles. The number of anilines is 1. The Morgan fingerprint density at radius 3 is 3.00 bits per heavy atom. The lowest BCUT2D eigenvalue weighted by molar-refractivity contribution is 0.941. The number of nitrogens with two attached hydrogens (primary N) is 1. The first-order valence-electron chi connectivity index (χ1n) is 3.50. The SMILES string of the molecule is CCC(C#N)Sc1n[nH]c(N)n1.